The van der Waals surface area contributed by atoms with E-state index in [-0.39, 0.29) is 30.2 Å². The number of thiazole rings is 1. The molecule has 72 heavy (non-hydrogen) atoms. The quantitative estimate of drug-likeness (QED) is 0.0382. The molecule has 0 unspecified atom stereocenters. The van der Waals surface area contributed by atoms with Gasteiger partial charge in [-0.2, -0.15) is 0 Å². The van der Waals surface area contributed by atoms with Gasteiger partial charge in [-0.25, -0.2) is 9.78 Å². The number of nitrogens with zero attached hydrogens (tertiary/aromatic N) is 2. The van der Waals surface area contributed by atoms with E-state index >= 15 is 0 Å². The van der Waals surface area contributed by atoms with Crippen molar-refractivity contribution >= 4 is 40.3 Å². The molecule has 1 aliphatic carbocycles. The summed E-state index contributed by atoms with van der Waals surface area (Å²) < 4.78 is 0. The van der Waals surface area contributed by atoms with Gasteiger partial charge in [-0.1, -0.05) is 167 Å². The Balaban J connectivity index is 1.77. The van der Waals surface area contributed by atoms with Crippen LogP contribution in [0.3, 0.4) is 0 Å². The van der Waals surface area contributed by atoms with E-state index in [0.29, 0.717) is 76.0 Å². The van der Waals surface area contributed by atoms with Crippen LogP contribution in [0.5, 0.6) is 0 Å². The van der Waals surface area contributed by atoms with Crippen molar-refractivity contribution in [1.82, 2.24) is 20.5 Å². The van der Waals surface area contributed by atoms with E-state index in [9.17, 15) is 24.3 Å². The number of hydrogen-bond donors (Lipinski definition) is 4. The van der Waals surface area contributed by atoms with Crippen LogP contribution in [0.15, 0.2) is 146 Å². The van der Waals surface area contributed by atoms with E-state index in [2.05, 4.69) is 163 Å². The highest BCUT2D eigenvalue weighted by molar-refractivity contribution is 7.15. The molecule has 0 bridgehead atoms. The topological polar surface area (TPSA) is 141 Å². The number of amides is 4. The SMILES string of the molecule is CCC=CCC=CCC=CCC=CCC=CCC=CCCC(=O)NCCCC[C@H](NC(=O)CCC=CCC=CCC=CCC=CCC=CCC=CCC)C(=O)Nc1nc2c(s1)C[C@H](N(CCC)C(=O)O)CC2. The van der Waals surface area contributed by atoms with Crippen LogP contribution in [-0.2, 0) is 27.2 Å². The van der Waals surface area contributed by atoms with Crippen molar-refractivity contribution in [3.8, 4) is 0 Å². The summed E-state index contributed by atoms with van der Waals surface area (Å²) in [6, 6.07) is -0.892. The molecule has 0 saturated carbocycles. The van der Waals surface area contributed by atoms with Crippen molar-refractivity contribution in [3.63, 3.8) is 0 Å². The molecular weight excluding hydrogens is 915 g/mol. The molecule has 4 N–H and O–H groups in total. The largest absolute Gasteiger partial charge is 0.465 e. The van der Waals surface area contributed by atoms with Crippen LogP contribution >= 0.6 is 11.3 Å². The maximum atomic E-state index is 13.7. The Bertz CT molecular complexity index is 2030. The first kappa shape index (κ1) is 62.3. The molecule has 11 heteroatoms. The number of carbonyl (C=O) groups is 4. The van der Waals surface area contributed by atoms with Crippen LogP contribution in [0.2, 0.25) is 0 Å². The number of aromatic nitrogens is 1. The summed E-state index contributed by atoms with van der Waals surface area (Å²) in [7, 11) is 0. The van der Waals surface area contributed by atoms with Gasteiger partial charge in [0.05, 0.1) is 5.69 Å². The highest BCUT2D eigenvalue weighted by Crippen LogP contribution is 2.32. The van der Waals surface area contributed by atoms with Crippen molar-refractivity contribution in [2.45, 2.75) is 181 Å². The molecule has 1 aromatic heterocycles. The second kappa shape index (κ2) is 43.9. The molecule has 10 nitrogen and oxygen atoms in total. The van der Waals surface area contributed by atoms with Gasteiger partial charge in [-0.3, -0.25) is 14.4 Å². The molecule has 2 rings (SSSR count). The summed E-state index contributed by atoms with van der Waals surface area (Å²) in [5.74, 6) is -0.551. The molecule has 0 aliphatic heterocycles. The van der Waals surface area contributed by atoms with Gasteiger partial charge in [0.1, 0.15) is 6.04 Å². The lowest BCUT2D eigenvalue weighted by Crippen LogP contribution is -2.43. The number of anilines is 1. The highest BCUT2D eigenvalue weighted by Gasteiger charge is 2.30. The Kier molecular flexibility index (Phi) is 38.0. The van der Waals surface area contributed by atoms with Crippen molar-refractivity contribution in [1.29, 1.82) is 0 Å². The van der Waals surface area contributed by atoms with E-state index in [1.165, 1.54) is 16.2 Å². The molecule has 0 fully saturated rings. The zero-order valence-corrected chi connectivity index (χ0v) is 44.9. The smallest absolute Gasteiger partial charge is 0.407 e. The maximum absolute atomic E-state index is 13.7. The fourth-order valence-corrected chi connectivity index (χ4v) is 8.66. The molecular formula is C61H89N5O5S. The molecule has 1 heterocycles. The predicted molar refractivity (Wildman–Crippen MR) is 305 cm³/mol. The molecule has 0 radical (unpaired) electrons. The van der Waals surface area contributed by atoms with Crippen LogP contribution < -0.4 is 16.0 Å². The number of nitrogens with one attached hydrogen (secondary N) is 3. The Labute approximate surface area is 438 Å². The second-order valence-corrected chi connectivity index (χ2v) is 18.7. The predicted octanol–water partition coefficient (Wildman–Crippen LogP) is 15.1. The lowest BCUT2D eigenvalue weighted by molar-refractivity contribution is -0.126. The van der Waals surface area contributed by atoms with Gasteiger partial charge >= 0.3 is 6.09 Å². The number of carbonyl (C=O) groups excluding carboxylic acids is 3. The number of rotatable bonds is 39. The van der Waals surface area contributed by atoms with Gasteiger partial charge in [0.15, 0.2) is 5.13 Å². The van der Waals surface area contributed by atoms with E-state index in [1.54, 1.807) is 0 Å². The fraction of sp³-hybridized carbons (Fsp3) is 0.492. The number of fused-ring (bicyclic) bond motifs is 1. The Morgan fingerprint density at radius 3 is 1.47 bits per heavy atom. The van der Waals surface area contributed by atoms with E-state index < -0.39 is 12.1 Å². The number of carboxylic acid groups (broad SMARTS) is 1. The van der Waals surface area contributed by atoms with Crippen LogP contribution in [0, 0.1) is 0 Å². The third kappa shape index (κ3) is 33.0. The summed E-state index contributed by atoms with van der Waals surface area (Å²) in [5.41, 5.74) is 0.891. The first-order valence-corrected chi connectivity index (χ1v) is 27.7. The zero-order chi connectivity index (χ0) is 52.0. The summed E-state index contributed by atoms with van der Waals surface area (Å²) in [6.07, 6.45) is 68.4. The minimum absolute atomic E-state index is 0.0114. The normalized spacial score (nSPS) is 15.1. The van der Waals surface area contributed by atoms with Crippen LogP contribution in [0.1, 0.15) is 166 Å². The Hall–Kier alpha value is -5.81. The Morgan fingerprint density at radius 1 is 0.611 bits per heavy atom. The van der Waals surface area contributed by atoms with Crippen molar-refractivity contribution in [2.75, 3.05) is 18.4 Å². The fourth-order valence-electron chi connectivity index (χ4n) is 7.58. The monoisotopic (exact) mass is 1000 g/mol. The lowest BCUT2D eigenvalue weighted by Gasteiger charge is -2.31. The maximum Gasteiger partial charge on any atom is 0.407 e. The number of aryl methyl sites for hydroxylation is 1. The molecule has 4 amide bonds. The first-order chi connectivity index (χ1) is 35.3. The lowest BCUT2D eigenvalue weighted by atomic mass is 9.96. The van der Waals surface area contributed by atoms with Crippen LogP contribution in [0.4, 0.5) is 9.93 Å². The molecule has 2 atom stereocenters. The van der Waals surface area contributed by atoms with E-state index in [4.69, 9.17) is 4.98 Å². The van der Waals surface area contributed by atoms with E-state index in [1.807, 2.05) is 19.1 Å². The minimum atomic E-state index is -0.914. The summed E-state index contributed by atoms with van der Waals surface area (Å²) in [6.45, 7) is 7.22. The second-order valence-electron chi connectivity index (χ2n) is 17.6. The third-order valence-corrected chi connectivity index (χ3v) is 12.5. The van der Waals surface area contributed by atoms with Gasteiger partial charge < -0.3 is 26.0 Å². The van der Waals surface area contributed by atoms with Crippen LogP contribution in [0.25, 0.3) is 0 Å². The van der Waals surface area contributed by atoms with Crippen molar-refractivity contribution in [3.05, 3.63) is 156 Å². The first-order valence-electron chi connectivity index (χ1n) is 26.9. The standard InChI is InChI=1S/C61H89N5O5S/c1-4-7-9-11-13-15-17-19-21-23-25-27-29-31-33-35-37-39-41-46-57(67)62-50-44-43-45-55(59(69)65-60-64-54-49-48-53(52-56(54)72-60)66(51-6-3)61(70)71)63-58(68)47-42-40-38-36-34-32-30-28-26-24-22-20-18-16-14-12-10-8-5-2/h7-10,13-16,19-22,25-28,31-34,37-40,53,55H,4-6,11-12,17-18,23-24,29-30,35-36,41-52H2,1-3H3,(H,62,67)(H,63,68)(H,70,71)(H,64,65,69)/t53-,55+/m1/s1. The highest BCUT2D eigenvalue weighted by atomic mass is 32.1. The summed E-state index contributed by atoms with van der Waals surface area (Å²) >= 11 is 1.38. The van der Waals surface area contributed by atoms with Gasteiger partial charge in [-0.15, -0.1) is 11.3 Å². The summed E-state index contributed by atoms with van der Waals surface area (Å²) in [4.78, 5) is 58.5. The Morgan fingerprint density at radius 2 is 1.04 bits per heavy atom. The molecule has 394 valence electrons. The van der Waals surface area contributed by atoms with Gasteiger partial charge in [0, 0.05) is 43.3 Å². The molecule has 0 saturated heterocycles. The molecule has 1 aliphatic rings. The van der Waals surface area contributed by atoms with Crippen molar-refractivity contribution < 1.29 is 24.3 Å². The average molecular weight is 1000 g/mol. The summed E-state index contributed by atoms with van der Waals surface area (Å²) in [5, 5.41) is 19.1. The molecule has 0 aromatic carbocycles. The van der Waals surface area contributed by atoms with Gasteiger partial charge in [0.25, 0.3) is 0 Å². The zero-order valence-electron chi connectivity index (χ0n) is 44.1. The van der Waals surface area contributed by atoms with E-state index in [0.717, 1.165) is 94.0 Å². The average Bonchev–Trinajstić information content (AvgIpc) is 3.77. The number of allylic oxidation sites excluding steroid dienone is 24. The number of hydrogen-bond acceptors (Lipinski definition) is 6. The molecule has 0 spiro atoms. The molecule has 1 aromatic rings. The van der Waals surface area contributed by atoms with Gasteiger partial charge in [0.2, 0.25) is 17.7 Å². The number of unbranched alkanes of at least 4 members (excludes halogenated alkanes) is 1. The minimum Gasteiger partial charge on any atom is -0.465 e. The van der Waals surface area contributed by atoms with Gasteiger partial charge in [-0.05, 0) is 128 Å². The van der Waals surface area contributed by atoms with Crippen molar-refractivity contribution in [2.24, 2.45) is 0 Å². The third-order valence-electron chi connectivity index (χ3n) is 11.5. The van der Waals surface area contributed by atoms with Crippen LogP contribution in [-0.4, -0.2) is 64.0 Å².